The maximum absolute atomic E-state index is 8.98. The fraction of sp³-hybridized carbons (Fsp3) is 0. The van der Waals surface area contributed by atoms with Gasteiger partial charge < -0.3 is 5.41 Å². The highest BCUT2D eigenvalue weighted by Crippen LogP contribution is 2.42. The first kappa shape index (κ1) is 37.1. The summed E-state index contributed by atoms with van der Waals surface area (Å²) in [6.07, 6.45) is 3.73. The number of aliphatic imine (C=N–C) groups is 1. The van der Waals surface area contributed by atoms with Gasteiger partial charge in [-0.1, -0.05) is 200 Å². The van der Waals surface area contributed by atoms with Crippen LogP contribution in [-0.2, 0) is 0 Å². The third kappa shape index (κ3) is 7.62. The van der Waals surface area contributed by atoms with Crippen LogP contribution >= 0.6 is 0 Å². The Kier molecular flexibility index (Phi) is 10.1. The number of aromatic nitrogens is 2. The summed E-state index contributed by atoms with van der Waals surface area (Å²) in [5.74, 6) is 0. The van der Waals surface area contributed by atoms with E-state index in [2.05, 4.69) is 181 Å². The normalized spacial score (nSPS) is 11.7. The fourth-order valence-electron chi connectivity index (χ4n) is 8.02. The van der Waals surface area contributed by atoms with E-state index in [0.717, 1.165) is 83.1 Å². The van der Waals surface area contributed by atoms with Crippen LogP contribution < -0.4 is 0 Å². The first-order valence-electron chi connectivity index (χ1n) is 20.5. The monoisotopic (exact) mass is 780 g/mol. The van der Waals surface area contributed by atoms with Crippen LogP contribution in [0.4, 0.5) is 0 Å². The molecule has 0 radical (unpaired) electrons. The Balaban J connectivity index is 1.07. The van der Waals surface area contributed by atoms with Gasteiger partial charge in [-0.2, -0.15) is 5.10 Å². The van der Waals surface area contributed by atoms with Gasteiger partial charge in [-0.15, -0.1) is 0 Å². The second-order valence-corrected chi connectivity index (χ2v) is 15.0. The number of nitrogens with zero attached hydrogens (tertiary/aromatic N) is 3. The summed E-state index contributed by atoms with van der Waals surface area (Å²) in [5, 5.41) is 17.7. The van der Waals surface area contributed by atoms with Crippen LogP contribution in [0.15, 0.2) is 236 Å². The zero-order valence-electron chi connectivity index (χ0n) is 33.4. The topological polar surface area (TPSA) is 54.0 Å². The van der Waals surface area contributed by atoms with E-state index >= 15 is 0 Å². The SMILES string of the molecule is N=C(/C=C(\N=Cc1ccc(-c2ccccc2)cc1)c1ccc(-c2ccc3cc(-c4ccccc4)c4c(-c5ccccc5)nn(-c5ccccc5)c4c3c2)cc1)c1ccccc1. The number of hydrogen-bond donors (Lipinski definition) is 1. The predicted molar refractivity (Wildman–Crippen MR) is 256 cm³/mol. The lowest BCUT2D eigenvalue weighted by atomic mass is 9.92. The molecule has 4 heteroatoms. The van der Waals surface area contributed by atoms with Gasteiger partial charge in [0.15, 0.2) is 0 Å². The first-order chi connectivity index (χ1) is 30.2. The van der Waals surface area contributed by atoms with Crippen LogP contribution in [0.1, 0.15) is 16.7 Å². The van der Waals surface area contributed by atoms with Gasteiger partial charge in [0.05, 0.1) is 22.6 Å². The minimum Gasteiger partial charge on any atom is -0.300 e. The predicted octanol–water partition coefficient (Wildman–Crippen LogP) is 14.4. The summed E-state index contributed by atoms with van der Waals surface area (Å²) in [5.41, 5.74) is 14.7. The molecule has 61 heavy (non-hydrogen) atoms. The lowest BCUT2D eigenvalue weighted by Gasteiger charge is -2.13. The van der Waals surface area contributed by atoms with E-state index in [1.54, 1.807) is 0 Å². The molecule has 1 N–H and O–H groups in total. The van der Waals surface area contributed by atoms with Gasteiger partial charge >= 0.3 is 0 Å². The summed E-state index contributed by atoms with van der Waals surface area (Å²) in [6.45, 7) is 0. The molecule has 0 aliphatic rings. The van der Waals surface area contributed by atoms with E-state index in [0.29, 0.717) is 11.4 Å². The third-order valence-corrected chi connectivity index (χ3v) is 11.1. The molecule has 0 aliphatic carbocycles. The second-order valence-electron chi connectivity index (χ2n) is 15.0. The van der Waals surface area contributed by atoms with Gasteiger partial charge in [0, 0.05) is 28.1 Å². The number of rotatable bonds is 10. The van der Waals surface area contributed by atoms with E-state index in [4.69, 9.17) is 15.5 Å². The molecule has 0 atom stereocenters. The zero-order valence-corrected chi connectivity index (χ0v) is 33.4. The fourth-order valence-corrected chi connectivity index (χ4v) is 8.02. The minimum absolute atomic E-state index is 0.398. The molecule has 4 nitrogen and oxygen atoms in total. The Morgan fingerprint density at radius 2 is 1.00 bits per heavy atom. The number of fused-ring (bicyclic) bond motifs is 3. The average Bonchev–Trinajstić information content (AvgIpc) is 3.75. The number of benzene rings is 9. The molecular formula is C57H40N4. The maximum atomic E-state index is 8.98. The van der Waals surface area contributed by atoms with Crippen molar-refractivity contribution in [1.29, 1.82) is 5.41 Å². The molecule has 10 rings (SSSR count). The highest BCUT2D eigenvalue weighted by atomic mass is 15.3. The van der Waals surface area contributed by atoms with E-state index in [9.17, 15) is 0 Å². The van der Waals surface area contributed by atoms with E-state index < -0.39 is 0 Å². The minimum atomic E-state index is 0.398. The van der Waals surface area contributed by atoms with Crippen molar-refractivity contribution in [1.82, 2.24) is 9.78 Å². The quantitative estimate of drug-likeness (QED) is 0.138. The van der Waals surface area contributed by atoms with Crippen LogP contribution in [0.25, 0.3) is 77.7 Å². The molecule has 1 heterocycles. The molecule has 0 amide bonds. The van der Waals surface area contributed by atoms with Crippen molar-refractivity contribution in [2.24, 2.45) is 4.99 Å². The Hall–Kier alpha value is -8.21. The van der Waals surface area contributed by atoms with Crippen LogP contribution in [0, 0.1) is 5.41 Å². The van der Waals surface area contributed by atoms with Gasteiger partial charge in [0.1, 0.15) is 5.69 Å². The molecule has 0 saturated heterocycles. The molecule has 0 bridgehead atoms. The molecule has 1 aromatic heterocycles. The number of allylic oxidation sites excluding steroid dienone is 1. The molecule has 0 saturated carbocycles. The highest BCUT2D eigenvalue weighted by Gasteiger charge is 2.21. The van der Waals surface area contributed by atoms with Gasteiger partial charge in [0.25, 0.3) is 0 Å². The van der Waals surface area contributed by atoms with Crippen molar-refractivity contribution in [2.45, 2.75) is 0 Å². The molecule has 0 spiro atoms. The molecule has 288 valence electrons. The summed E-state index contributed by atoms with van der Waals surface area (Å²) < 4.78 is 2.12. The van der Waals surface area contributed by atoms with Crippen molar-refractivity contribution in [2.75, 3.05) is 0 Å². The van der Waals surface area contributed by atoms with Crippen molar-refractivity contribution in [3.63, 3.8) is 0 Å². The van der Waals surface area contributed by atoms with E-state index in [1.807, 2.05) is 60.8 Å². The van der Waals surface area contributed by atoms with E-state index in [-0.39, 0.29) is 0 Å². The molecule has 0 fully saturated rings. The molecule has 9 aromatic carbocycles. The Labute approximate surface area is 355 Å². The Morgan fingerprint density at radius 1 is 0.475 bits per heavy atom. The Morgan fingerprint density at radius 3 is 1.66 bits per heavy atom. The summed E-state index contributed by atoms with van der Waals surface area (Å²) in [4.78, 5) is 4.99. The summed E-state index contributed by atoms with van der Waals surface area (Å²) in [6, 6.07) is 77.7. The zero-order chi connectivity index (χ0) is 41.0. The van der Waals surface area contributed by atoms with Crippen molar-refractivity contribution in [3.05, 3.63) is 247 Å². The molecule has 0 unspecified atom stereocenters. The largest absolute Gasteiger partial charge is 0.300 e. The highest BCUT2D eigenvalue weighted by molar-refractivity contribution is 6.18. The van der Waals surface area contributed by atoms with Gasteiger partial charge in [-0.3, -0.25) is 4.99 Å². The van der Waals surface area contributed by atoms with Crippen molar-refractivity contribution < 1.29 is 0 Å². The Bertz CT molecular complexity index is 3190. The smallest absolute Gasteiger partial charge is 0.101 e. The number of hydrogen-bond acceptors (Lipinski definition) is 3. The number of nitrogens with one attached hydrogen (secondary N) is 1. The van der Waals surface area contributed by atoms with Crippen LogP contribution in [0.2, 0.25) is 0 Å². The molecule has 0 aliphatic heterocycles. The van der Waals surface area contributed by atoms with E-state index in [1.165, 1.54) is 5.56 Å². The first-order valence-corrected chi connectivity index (χ1v) is 20.5. The van der Waals surface area contributed by atoms with Crippen molar-refractivity contribution in [3.8, 4) is 50.3 Å². The van der Waals surface area contributed by atoms with Gasteiger partial charge in [-0.05, 0) is 80.2 Å². The maximum Gasteiger partial charge on any atom is 0.101 e. The summed E-state index contributed by atoms with van der Waals surface area (Å²) in [7, 11) is 0. The standard InChI is InChI=1S/C57H40N4/c58-53(45-20-10-3-11-21-45)38-54(59-39-40-26-28-42(29-27-40)41-16-6-1-7-17-41)46-32-30-43(31-33-46)48-34-35-49-37-51(44-18-8-2-9-19-44)55-56(47-22-12-4-13-23-47)60-61(57(55)52(49)36-48)50-24-14-5-15-25-50/h1-39,58H/b54-38-,58-53?,59-39?. The van der Waals surface area contributed by atoms with Crippen LogP contribution in [0.5, 0.6) is 0 Å². The second kappa shape index (κ2) is 16.6. The van der Waals surface area contributed by atoms with Gasteiger partial charge in [-0.25, -0.2) is 4.68 Å². The lowest BCUT2D eigenvalue weighted by Crippen LogP contribution is -1.97. The molecular weight excluding hydrogens is 741 g/mol. The van der Waals surface area contributed by atoms with Crippen LogP contribution in [0.3, 0.4) is 0 Å². The third-order valence-electron chi connectivity index (χ3n) is 11.1. The van der Waals surface area contributed by atoms with Crippen molar-refractivity contribution >= 4 is 39.3 Å². The van der Waals surface area contributed by atoms with Crippen LogP contribution in [-0.4, -0.2) is 21.7 Å². The number of para-hydroxylation sites is 1. The summed E-state index contributed by atoms with van der Waals surface area (Å²) >= 11 is 0. The molecule has 10 aromatic rings. The van der Waals surface area contributed by atoms with Gasteiger partial charge in [0.2, 0.25) is 0 Å². The average molecular weight is 781 g/mol. The lowest BCUT2D eigenvalue weighted by molar-refractivity contribution is 0.918.